The zero-order chi connectivity index (χ0) is 28.3. The van der Waals surface area contributed by atoms with Crippen molar-refractivity contribution in [3.05, 3.63) is 107 Å². The van der Waals surface area contributed by atoms with E-state index in [0.29, 0.717) is 28.7 Å². The number of carbonyl (C=O) groups is 1. The highest BCUT2D eigenvalue weighted by molar-refractivity contribution is 7.98. The summed E-state index contributed by atoms with van der Waals surface area (Å²) < 4.78 is 46.8. The fourth-order valence-electron chi connectivity index (χ4n) is 5.48. The number of hydrogen-bond acceptors (Lipinski definition) is 6. The number of alkyl halides is 3. The quantitative estimate of drug-likeness (QED) is 0.158. The van der Waals surface area contributed by atoms with Crippen LogP contribution < -0.4 is 0 Å². The van der Waals surface area contributed by atoms with Crippen LogP contribution in [0, 0.1) is 0 Å². The van der Waals surface area contributed by atoms with Gasteiger partial charge < -0.3 is 9.72 Å². The van der Waals surface area contributed by atoms with Crippen LogP contribution in [0.2, 0.25) is 0 Å². The van der Waals surface area contributed by atoms with Crippen molar-refractivity contribution in [2.45, 2.75) is 42.2 Å². The molecular weight excluding hydrogens is 539 g/mol. The second kappa shape index (κ2) is 11.4. The average Bonchev–Trinajstić information content (AvgIpc) is 3.50. The van der Waals surface area contributed by atoms with Gasteiger partial charge in [-0.1, -0.05) is 60.3 Å². The Morgan fingerprint density at radius 2 is 1.88 bits per heavy atom. The molecule has 0 aliphatic carbocycles. The minimum atomic E-state index is -4.48. The number of nitrogens with zero attached hydrogens (tertiary/aromatic N) is 4. The summed E-state index contributed by atoms with van der Waals surface area (Å²) in [6.07, 6.45) is 2.21. The molecule has 0 saturated carbocycles. The topological polar surface area (TPSA) is 80.8 Å². The summed E-state index contributed by atoms with van der Waals surface area (Å²) in [5, 5.41) is 0.550. The van der Waals surface area contributed by atoms with Gasteiger partial charge in [0.05, 0.1) is 30.8 Å². The third kappa shape index (κ3) is 5.75. The summed E-state index contributed by atoms with van der Waals surface area (Å²) >= 11 is 1.38. The lowest BCUT2D eigenvalue weighted by atomic mass is 9.74. The number of imidazole rings is 1. The maximum absolute atomic E-state index is 13.9. The average molecular weight is 569 g/mol. The highest BCUT2D eigenvalue weighted by Crippen LogP contribution is 2.50. The normalized spacial score (nSPS) is 23.1. The molecule has 3 heterocycles. The number of aromatic amines is 1. The van der Waals surface area contributed by atoms with Gasteiger partial charge in [0.1, 0.15) is 6.61 Å². The van der Waals surface area contributed by atoms with Gasteiger partial charge >= 0.3 is 12.3 Å². The van der Waals surface area contributed by atoms with E-state index in [4.69, 9.17) is 9.72 Å². The SMILES string of the molecule is CSc1nccc(C2C[N+](C)(C(=O)OCc3ccccc3)C(c3ncc[nH]3)CC2c2cccc(C(F)(F)F)c2)n1. The molecule has 208 valence electrons. The van der Waals surface area contributed by atoms with Crippen molar-refractivity contribution < 1.29 is 27.2 Å². The highest BCUT2D eigenvalue weighted by atomic mass is 32.2. The minimum absolute atomic E-state index is 0.101. The van der Waals surface area contributed by atoms with E-state index in [0.717, 1.165) is 11.6 Å². The first-order valence-electron chi connectivity index (χ1n) is 12.8. The van der Waals surface area contributed by atoms with Crippen LogP contribution in [0.25, 0.3) is 0 Å². The number of piperidine rings is 1. The molecule has 40 heavy (non-hydrogen) atoms. The first-order chi connectivity index (χ1) is 19.2. The highest BCUT2D eigenvalue weighted by Gasteiger charge is 2.53. The largest absolute Gasteiger partial charge is 0.516 e. The van der Waals surface area contributed by atoms with Crippen molar-refractivity contribution in [1.82, 2.24) is 19.9 Å². The molecule has 5 rings (SSSR count). The number of carbonyl (C=O) groups excluding carboxylic acids is 1. The van der Waals surface area contributed by atoms with Crippen molar-refractivity contribution in [1.29, 1.82) is 0 Å². The fourth-order valence-corrected chi connectivity index (χ4v) is 5.85. The van der Waals surface area contributed by atoms with Crippen LogP contribution in [0.4, 0.5) is 18.0 Å². The first-order valence-corrected chi connectivity index (χ1v) is 14.0. The van der Waals surface area contributed by atoms with Crippen LogP contribution in [0.15, 0.2) is 84.4 Å². The monoisotopic (exact) mass is 568 g/mol. The number of hydrogen-bond donors (Lipinski definition) is 1. The summed E-state index contributed by atoms with van der Waals surface area (Å²) in [4.78, 5) is 30.4. The Bertz CT molecular complexity index is 1450. The summed E-state index contributed by atoms with van der Waals surface area (Å²) in [5.74, 6) is -0.199. The molecule has 1 fully saturated rings. The molecule has 1 N–H and O–H groups in total. The first kappa shape index (κ1) is 27.9. The van der Waals surface area contributed by atoms with Crippen molar-refractivity contribution in [2.24, 2.45) is 0 Å². The van der Waals surface area contributed by atoms with Crippen molar-refractivity contribution in [3.8, 4) is 0 Å². The van der Waals surface area contributed by atoms with E-state index in [9.17, 15) is 18.0 Å². The molecule has 2 aromatic carbocycles. The minimum Gasteiger partial charge on any atom is -0.415 e. The van der Waals surface area contributed by atoms with Gasteiger partial charge in [0.15, 0.2) is 17.0 Å². The van der Waals surface area contributed by atoms with Gasteiger partial charge in [-0.15, -0.1) is 0 Å². The second-order valence-electron chi connectivity index (χ2n) is 10.0. The molecule has 0 bridgehead atoms. The number of quaternary nitrogens is 1. The number of ether oxygens (including phenoxy) is 1. The number of halogens is 3. The maximum atomic E-state index is 13.9. The third-order valence-electron chi connectivity index (χ3n) is 7.54. The van der Waals surface area contributed by atoms with Gasteiger partial charge in [0.2, 0.25) is 0 Å². The summed E-state index contributed by atoms with van der Waals surface area (Å²) in [5.41, 5.74) is 1.34. The molecule has 2 aromatic heterocycles. The Balaban J connectivity index is 1.58. The van der Waals surface area contributed by atoms with Crippen molar-refractivity contribution in [2.75, 3.05) is 19.8 Å². The number of H-pyrrole nitrogens is 1. The van der Waals surface area contributed by atoms with E-state index >= 15 is 0 Å². The number of nitrogens with one attached hydrogen (secondary N) is 1. The lowest BCUT2D eigenvalue weighted by Crippen LogP contribution is -2.58. The number of benzene rings is 2. The molecule has 4 aromatic rings. The Kier molecular flexibility index (Phi) is 7.95. The van der Waals surface area contributed by atoms with Gasteiger partial charge in [-0.3, -0.25) is 0 Å². The number of aromatic nitrogens is 4. The van der Waals surface area contributed by atoms with Gasteiger partial charge in [0, 0.05) is 30.9 Å². The van der Waals surface area contributed by atoms with Crippen LogP contribution in [0.1, 0.15) is 52.5 Å². The molecule has 0 radical (unpaired) electrons. The lowest BCUT2D eigenvalue weighted by molar-refractivity contribution is -0.878. The number of likely N-dealkylation sites (tertiary alicyclic amines) is 1. The molecule has 0 spiro atoms. The van der Waals surface area contributed by atoms with Crippen molar-refractivity contribution >= 4 is 17.9 Å². The molecule has 1 aliphatic rings. The fraction of sp³-hybridized carbons (Fsp3) is 0.310. The van der Waals surface area contributed by atoms with Gasteiger partial charge in [-0.25, -0.2) is 19.4 Å². The molecule has 1 saturated heterocycles. The van der Waals surface area contributed by atoms with E-state index in [2.05, 4.69) is 15.0 Å². The standard InChI is InChI=1S/C29H29F3N5O2S/c1-37(28(38)39-18-19-7-4-3-5-8-19)17-23(24-11-12-35-27(36-24)40-2)22(16-25(37)26-33-13-14-34-26)20-9-6-10-21(15-20)29(30,31)32/h3-15,22-23,25H,16-18H2,1-2H3,(H,33,34)/q+1. The maximum Gasteiger partial charge on any atom is 0.516 e. The zero-order valence-corrected chi connectivity index (χ0v) is 22.8. The molecule has 11 heteroatoms. The second-order valence-corrected chi connectivity index (χ2v) is 10.8. The number of amides is 1. The Labute approximate surface area is 234 Å². The van der Waals surface area contributed by atoms with Crippen LogP contribution in [0.3, 0.4) is 0 Å². The predicted molar refractivity (Wildman–Crippen MR) is 144 cm³/mol. The van der Waals surface area contributed by atoms with Gasteiger partial charge in [0.25, 0.3) is 0 Å². The molecule has 7 nitrogen and oxygen atoms in total. The number of thioether (sulfide) groups is 1. The number of rotatable bonds is 6. The van der Waals surface area contributed by atoms with E-state index < -0.39 is 29.8 Å². The number of likely N-dealkylation sites (N-methyl/N-ethyl adjacent to an activating group) is 1. The van der Waals surface area contributed by atoms with Gasteiger partial charge in [-0.05, 0) is 29.5 Å². The lowest BCUT2D eigenvalue weighted by Gasteiger charge is -2.46. The molecule has 4 unspecified atom stereocenters. The Morgan fingerprint density at radius 3 is 2.58 bits per heavy atom. The molecular formula is C29H29F3N5O2S+. The van der Waals surface area contributed by atoms with Crippen LogP contribution >= 0.6 is 11.8 Å². The summed E-state index contributed by atoms with van der Waals surface area (Å²) in [6, 6.07) is 16.1. The Hall–Kier alpha value is -3.70. The zero-order valence-electron chi connectivity index (χ0n) is 22.0. The van der Waals surface area contributed by atoms with E-state index in [1.54, 1.807) is 37.8 Å². The summed E-state index contributed by atoms with van der Waals surface area (Å²) in [6.45, 7) is 0.342. The Morgan fingerprint density at radius 1 is 1.07 bits per heavy atom. The van der Waals surface area contributed by atoms with Crippen molar-refractivity contribution in [3.63, 3.8) is 0 Å². The van der Waals surface area contributed by atoms with Crippen LogP contribution in [-0.4, -0.2) is 50.4 Å². The third-order valence-corrected chi connectivity index (χ3v) is 8.11. The smallest absolute Gasteiger partial charge is 0.415 e. The molecule has 1 aliphatic heterocycles. The molecule has 1 amide bonds. The van der Waals surface area contributed by atoms with Crippen LogP contribution in [0.5, 0.6) is 0 Å². The van der Waals surface area contributed by atoms with E-state index in [1.807, 2.05) is 36.6 Å². The van der Waals surface area contributed by atoms with Crippen LogP contribution in [-0.2, 0) is 17.5 Å². The predicted octanol–water partition coefficient (Wildman–Crippen LogP) is 6.74. The summed E-state index contributed by atoms with van der Waals surface area (Å²) in [7, 11) is 1.80. The van der Waals surface area contributed by atoms with E-state index in [-0.39, 0.29) is 23.6 Å². The molecule has 4 atom stereocenters. The van der Waals surface area contributed by atoms with E-state index in [1.165, 1.54) is 23.9 Å². The van der Waals surface area contributed by atoms with Gasteiger partial charge in [-0.2, -0.15) is 18.0 Å².